The molecule has 120 valence electrons. The Morgan fingerprint density at radius 1 is 1.45 bits per heavy atom. The molecule has 1 amide bonds. The van der Waals surface area contributed by atoms with E-state index in [9.17, 15) is 14.9 Å². The highest BCUT2D eigenvalue weighted by Gasteiger charge is 2.22. The Bertz CT molecular complexity index is 586. The van der Waals surface area contributed by atoms with Crippen LogP contribution in [0.2, 0.25) is 0 Å². The summed E-state index contributed by atoms with van der Waals surface area (Å²) in [6, 6.07) is 3.15. The van der Waals surface area contributed by atoms with Gasteiger partial charge in [0.25, 0.3) is 5.69 Å². The number of likely N-dealkylation sites (tertiary alicyclic amines) is 1. The van der Waals surface area contributed by atoms with Crippen LogP contribution < -0.4 is 5.32 Å². The van der Waals surface area contributed by atoms with Gasteiger partial charge in [-0.05, 0) is 50.3 Å². The quantitative estimate of drug-likeness (QED) is 0.685. The molecule has 1 atom stereocenters. The van der Waals surface area contributed by atoms with Gasteiger partial charge in [-0.1, -0.05) is 13.0 Å². The molecule has 1 aliphatic heterocycles. The van der Waals surface area contributed by atoms with Gasteiger partial charge in [-0.2, -0.15) is 0 Å². The maximum Gasteiger partial charge on any atom is 0.293 e. The maximum absolute atomic E-state index is 12.3. The fourth-order valence-electron chi connectivity index (χ4n) is 2.92. The average Bonchev–Trinajstić information content (AvgIpc) is 2.43. The van der Waals surface area contributed by atoms with E-state index in [4.69, 9.17) is 0 Å². The van der Waals surface area contributed by atoms with Crippen LogP contribution >= 0.6 is 0 Å². The topological polar surface area (TPSA) is 75.5 Å². The SMILES string of the molecule is Cc1ccc([N+](=O)[O-])c(NC(=O)CN2CCC[C@H](C)C2)c1C. The number of nitro groups is 1. The van der Waals surface area contributed by atoms with E-state index in [0.717, 1.165) is 30.6 Å². The average molecular weight is 305 g/mol. The number of nitrogens with zero attached hydrogens (tertiary/aromatic N) is 2. The molecule has 6 heteroatoms. The molecule has 1 fully saturated rings. The smallest absolute Gasteiger partial charge is 0.293 e. The molecule has 1 aromatic carbocycles. The summed E-state index contributed by atoms with van der Waals surface area (Å²) in [5.41, 5.74) is 1.94. The molecular weight excluding hydrogens is 282 g/mol. The van der Waals surface area contributed by atoms with Gasteiger partial charge < -0.3 is 5.32 Å². The number of aryl methyl sites for hydroxylation is 1. The molecule has 1 saturated heterocycles. The fourth-order valence-corrected chi connectivity index (χ4v) is 2.92. The Balaban J connectivity index is 2.11. The number of nitro benzene ring substituents is 1. The predicted octanol–water partition coefficient (Wildman–Crippen LogP) is 2.88. The molecule has 2 rings (SSSR count). The summed E-state index contributed by atoms with van der Waals surface area (Å²) in [5.74, 6) is 0.405. The summed E-state index contributed by atoms with van der Waals surface area (Å²) in [4.78, 5) is 25.1. The first kappa shape index (κ1) is 16.4. The molecule has 1 N–H and O–H groups in total. The summed E-state index contributed by atoms with van der Waals surface area (Å²) in [7, 11) is 0. The van der Waals surface area contributed by atoms with Crippen LogP contribution in [0.25, 0.3) is 0 Å². The van der Waals surface area contributed by atoms with Gasteiger partial charge in [-0.15, -0.1) is 0 Å². The van der Waals surface area contributed by atoms with Gasteiger partial charge in [-0.25, -0.2) is 0 Å². The van der Waals surface area contributed by atoms with Gasteiger partial charge in [0.1, 0.15) is 5.69 Å². The lowest BCUT2D eigenvalue weighted by molar-refractivity contribution is -0.384. The highest BCUT2D eigenvalue weighted by atomic mass is 16.6. The molecule has 0 radical (unpaired) electrons. The van der Waals surface area contributed by atoms with Crippen LogP contribution in [0.1, 0.15) is 30.9 Å². The summed E-state index contributed by atoms with van der Waals surface area (Å²) < 4.78 is 0. The van der Waals surface area contributed by atoms with E-state index in [1.807, 2.05) is 6.92 Å². The van der Waals surface area contributed by atoms with Crippen molar-refractivity contribution >= 4 is 17.3 Å². The number of carbonyl (C=O) groups is 1. The third-order valence-electron chi connectivity index (χ3n) is 4.28. The van der Waals surface area contributed by atoms with Crippen LogP contribution in [0.5, 0.6) is 0 Å². The third-order valence-corrected chi connectivity index (χ3v) is 4.28. The van der Waals surface area contributed by atoms with E-state index in [1.54, 1.807) is 13.0 Å². The van der Waals surface area contributed by atoms with Crippen molar-refractivity contribution < 1.29 is 9.72 Å². The lowest BCUT2D eigenvalue weighted by Crippen LogP contribution is -2.39. The normalized spacial score (nSPS) is 19.0. The van der Waals surface area contributed by atoms with Crippen molar-refractivity contribution in [2.45, 2.75) is 33.6 Å². The molecule has 0 aromatic heterocycles. The van der Waals surface area contributed by atoms with Gasteiger partial charge in [0, 0.05) is 12.6 Å². The summed E-state index contributed by atoms with van der Waals surface area (Å²) in [6.07, 6.45) is 2.29. The molecule has 1 aliphatic rings. The van der Waals surface area contributed by atoms with Crippen molar-refractivity contribution in [3.05, 3.63) is 33.4 Å². The Morgan fingerprint density at radius 2 is 2.18 bits per heavy atom. The minimum Gasteiger partial charge on any atom is -0.319 e. The second kappa shape index (κ2) is 6.87. The van der Waals surface area contributed by atoms with E-state index in [0.29, 0.717) is 11.6 Å². The summed E-state index contributed by atoms with van der Waals surface area (Å²) in [6.45, 7) is 7.95. The molecule has 1 heterocycles. The first-order valence-electron chi connectivity index (χ1n) is 7.65. The van der Waals surface area contributed by atoms with Crippen LogP contribution in [-0.4, -0.2) is 35.4 Å². The zero-order valence-corrected chi connectivity index (χ0v) is 13.4. The first-order valence-corrected chi connectivity index (χ1v) is 7.65. The molecule has 0 bridgehead atoms. The molecular formula is C16H23N3O3. The third kappa shape index (κ3) is 3.82. The Morgan fingerprint density at radius 3 is 2.82 bits per heavy atom. The monoisotopic (exact) mass is 305 g/mol. The van der Waals surface area contributed by atoms with Gasteiger partial charge in [-0.3, -0.25) is 19.8 Å². The zero-order valence-electron chi connectivity index (χ0n) is 13.4. The predicted molar refractivity (Wildman–Crippen MR) is 86.0 cm³/mol. The lowest BCUT2D eigenvalue weighted by Gasteiger charge is -2.30. The van der Waals surface area contributed by atoms with Gasteiger partial charge in [0.15, 0.2) is 0 Å². The Kier molecular flexibility index (Phi) is 5.13. The molecule has 0 saturated carbocycles. The molecule has 0 unspecified atom stereocenters. The van der Waals surface area contributed by atoms with E-state index in [-0.39, 0.29) is 18.1 Å². The van der Waals surface area contributed by atoms with E-state index in [2.05, 4.69) is 17.1 Å². The number of benzene rings is 1. The molecule has 1 aromatic rings. The summed E-state index contributed by atoms with van der Waals surface area (Å²) in [5, 5.41) is 13.9. The minimum absolute atomic E-state index is 0.0523. The second-order valence-corrected chi connectivity index (χ2v) is 6.19. The number of piperidine rings is 1. The number of anilines is 1. The fraction of sp³-hybridized carbons (Fsp3) is 0.562. The number of hydrogen-bond acceptors (Lipinski definition) is 4. The van der Waals surface area contributed by atoms with Crippen molar-refractivity contribution in [3.63, 3.8) is 0 Å². The highest BCUT2D eigenvalue weighted by molar-refractivity contribution is 5.95. The number of nitrogens with one attached hydrogen (secondary N) is 1. The van der Waals surface area contributed by atoms with Crippen molar-refractivity contribution in [2.75, 3.05) is 25.0 Å². The Labute approximate surface area is 130 Å². The maximum atomic E-state index is 12.3. The van der Waals surface area contributed by atoms with Crippen LogP contribution in [0.15, 0.2) is 12.1 Å². The minimum atomic E-state index is -0.453. The number of carbonyl (C=O) groups excluding carboxylic acids is 1. The van der Waals surface area contributed by atoms with Crippen LogP contribution in [0.4, 0.5) is 11.4 Å². The molecule has 22 heavy (non-hydrogen) atoms. The molecule has 0 aliphatic carbocycles. The van der Waals surface area contributed by atoms with Crippen LogP contribution in [0, 0.1) is 29.9 Å². The largest absolute Gasteiger partial charge is 0.319 e. The zero-order chi connectivity index (χ0) is 16.3. The second-order valence-electron chi connectivity index (χ2n) is 6.19. The van der Waals surface area contributed by atoms with Crippen molar-refractivity contribution in [2.24, 2.45) is 5.92 Å². The Hall–Kier alpha value is -1.95. The highest BCUT2D eigenvalue weighted by Crippen LogP contribution is 2.30. The number of amides is 1. The molecule has 6 nitrogen and oxygen atoms in total. The van der Waals surface area contributed by atoms with Gasteiger partial charge >= 0.3 is 0 Å². The van der Waals surface area contributed by atoms with E-state index < -0.39 is 4.92 Å². The summed E-state index contributed by atoms with van der Waals surface area (Å²) >= 11 is 0. The first-order chi connectivity index (χ1) is 10.4. The van der Waals surface area contributed by atoms with E-state index >= 15 is 0 Å². The van der Waals surface area contributed by atoms with Crippen molar-refractivity contribution in [1.29, 1.82) is 0 Å². The van der Waals surface area contributed by atoms with Crippen LogP contribution in [-0.2, 0) is 4.79 Å². The standard InChI is InChI=1S/C16H23N3O3/c1-11-5-4-8-18(9-11)10-15(20)17-16-13(3)12(2)6-7-14(16)19(21)22/h6-7,11H,4-5,8-10H2,1-3H3,(H,17,20)/t11-/m0/s1. The molecule has 0 spiro atoms. The van der Waals surface area contributed by atoms with Crippen LogP contribution in [0.3, 0.4) is 0 Å². The van der Waals surface area contributed by atoms with Crippen molar-refractivity contribution in [3.8, 4) is 0 Å². The lowest BCUT2D eigenvalue weighted by atomic mass is 10.0. The van der Waals surface area contributed by atoms with E-state index in [1.165, 1.54) is 12.5 Å². The number of hydrogen-bond donors (Lipinski definition) is 1. The van der Waals surface area contributed by atoms with Gasteiger partial charge in [0.05, 0.1) is 11.5 Å². The number of rotatable bonds is 4. The van der Waals surface area contributed by atoms with Gasteiger partial charge in [0.2, 0.25) is 5.91 Å². The van der Waals surface area contributed by atoms with Crippen molar-refractivity contribution in [1.82, 2.24) is 4.90 Å².